The van der Waals surface area contributed by atoms with Crippen LogP contribution in [-0.2, 0) is 0 Å². The molecule has 8 heteroatoms. The van der Waals surface area contributed by atoms with E-state index in [2.05, 4.69) is 49.3 Å². The SMILES string of the molecule is CN1CCN(CCCNC(=O)c2nc(-c3ccc(N4CCCCC4)cc3)no2)CC1. The molecule has 0 atom stereocenters. The van der Waals surface area contributed by atoms with Gasteiger partial charge >= 0.3 is 11.8 Å². The van der Waals surface area contributed by atoms with Crippen molar-refractivity contribution in [1.82, 2.24) is 25.3 Å². The average Bonchev–Trinajstić information content (AvgIpc) is 3.29. The van der Waals surface area contributed by atoms with Gasteiger partial charge in [0.1, 0.15) is 0 Å². The Hall–Kier alpha value is -2.45. The van der Waals surface area contributed by atoms with Gasteiger partial charge < -0.3 is 24.5 Å². The Morgan fingerprint density at radius 3 is 2.50 bits per heavy atom. The van der Waals surface area contributed by atoms with E-state index in [1.165, 1.54) is 24.9 Å². The van der Waals surface area contributed by atoms with Gasteiger partial charge in [-0.3, -0.25) is 4.79 Å². The average molecular weight is 413 g/mol. The summed E-state index contributed by atoms with van der Waals surface area (Å²) in [5.41, 5.74) is 2.08. The number of carbonyl (C=O) groups is 1. The number of hydrogen-bond acceptors (Lipinski definition) is 7. The minimum atomic E-state index is -0.308. The van der Waals surface area contributed by atoms with Gasteiger partial charge in [-0.15, -0.1) is 0 Å². The van der Waals surface area contributed by atoms with E-state index in [0.29, 0.717) is 12.4 Å². The van der Waals surface area contributed by atoms with Gasteiger partial charge in [-0.1, -0.05) is 5.16 Å². The molecular formula is C22H32N6O2. The first-order valence-electron chi connectivity index (χ1n) is 11.1. The van der Waals surface area contributed by atoms with Crippen molar-refractivity contribution in [1.29, 1.82) is 0 Å². The lowest BCUT2D eigenvalue weighted by Crippen LogP contribution is -2.45. The van der Waals surface area contributed by atoms with Crippen LogP contribution in [0.5, 0.6) is 0 Å². The quantitative estimate of drug-likeness (QED) is 0.698. The zero-order valence-electron chi connectivity index (χ0n) is 17.8. The van der Waals surface area contributed by atoms with Crippen molar-refractivity contribution in [2.45, 2.75) is 25.7 Å². The standard InChI is InChI=1S/C22H32N6O2/c1-26-14-16-27(17-15-26)11-5-10-23-21(29)22-24-20(25-30-22)18-6-8-19(9-7-18)28-12-3-2-4-13-28/h6-9H,2-5,10-17H2,1H3,(H,23,29). The van der Waals surface area contributed by atoms with Crippen LogP contribution in [0.15, 0.2) is 28.8 Å². The van der Waals surface area contributed by atoms with Crippen LogP contribution >= 0.6 is 0 Å². The number of hydrogen-bond donors (Lipinski definition) is 1. The number of rotatable bonds is 7. The van der Waals surface area contributed by atoms with E-state index in [1.54, 1.807) is 0 Å². The summed E-state index contributed by atoms with van der Waals surface area (Å²) in [4.78, 5) is 23.8. The topological polar surface area (TPSA) is 77.7 Å². The summed E-state index contributed by atoms with van der Waals surface area (Å²) in [6.45, 7) is 8.22. The molecule has 4 rings (SSSR count). The van der Waals surface area contributed by atoms with Gasteiger partial charge in [-0.25, -0.2) is 0 Å². The molecule has 2 fully saturated rings. The summed E-state index contributed by atoms with van der Waals surface area (Å²) in [5, 5.41) is 6.87. The summed E-state index contributed by atoms with van der Waals surface area (Å²) < 4.78 is 5.19. The summed E-state index contributed by atoms with van der Waals surface area (Å²) in [6.07, 6.45) is 4.73. The molecule has 0 unspecified atom stereocenters. The number of piperidine rings is 1. The van der Waals surface area contributed by atoms with Crippen molar-refractivity contribution in [3.63, 3.8) is 0 Å². The lowest BCUT2D eigenvalue weighted by molar-refractivity contribution is 0.0906. The molecule has 2 saturated heterocycles. The normalized spacial score (nSPS) is 18.5. The van der Waals surface area contributed by atoms with E-state index >= 15 is 0 Å². The fourth-order valence-electron chi connectivity index (χ4n) is 4.06. The molecule has 1 amide bonds. The molecule has 2 aromatic rings. The predicted octanol–water partition coefficient (Wildman–Crippen LogP) is 2.09. The number of benzene rings is 1. The number of piperazine rings is 1. The zero-order valence-corrected chi connectivity index (χ0v) is 17.8. The number of anilines is 1. The second kappa shape index (κ2) is 10.0. The van der Waals surface area contributed by atoms with Crippen molar-refractivity contribution in [3.05, 3.63) is 30.2 Å². The smallest absolute Gasteiger partial charge is 0.316 e. The van der Waals surface area contributed by atoms with E-state index in [-0.39, 0.29) is 11.8 Å². The maximum absolute atomic E-state index is 12.3. The number of nitrogens with zero attached hydrogens (tertiary/aromatic N) is 5. The molecule has 0 bridgehead atoms. The molecule has 1 aromatic heterocycles. The van der Waals surface area contributed by atoms with Gasteiger partial charge in [-0.2, -0.15) is 4.98 Å². The van der Waals surface area contributed by atoms with E-state index in [0.717, 1.165) is 57.8 Å². The molecule has 1 N–H and O–H groups in total. The van der Waals surface area contributed by atoms with Gasteiger partial charge in [-0.05, 0) is 63.5 Å². The highest BCUT2D eigenvalue weighted by Crippen LogP contribution is 2.23. The minimum absolute atomic E-state index is 0.0182. The van der Waals surface area contributed by atoms with Crippen molar-refractivity contribution in [3.8, 4) is 11.4 Å². The Kier molecular flexibility index (Phi) is 6.96. The molecule has 0 aliphatic carbocycles. The third-order valence-electron chi connectivity index (χ3n) is 6.00. The van der Waals surface area contributed by atoms with Crippen LogP contribution in [-0.4, -0.2) is 85.3 Å². The molecule has 1 aromatic carbocycles. The van der Waals surface area contributed by atoms with E-state index < -0.39 is 0 Å². The monoisotopic (exact) mass is 412 g/mol. The summed E-state index contributed by atoms with van der Waals surface area (Å²) in [6, 6.07) is 8.17. The Morgan fingerprint density at radius 2 is 1.77 bits per heavy atom. The van der Waals surface area contributed by atoms with Crippen molar-refractivity contribution in [2.24, 2.45) is 0 Å². The number of nitrogens with one attached hydrogen (secondary N) is 1. The molecule has 30 heavy (non-hydrogen) atoms. The van der Waals surface area contributed by atoms with Crippen molar-refractivity contribution >= 4 is 11.6 Å². The number of amides is 1. The maximum atomic E-state index is 12.3. The van der Waals surface area contributed by atoms with Crippen LogP contribution in [0.4, 0.5) is 5.69 Å². The van der Waals surface area contributed by atoms with E-state index in [4.69, 9.17) is 4.52 Å². The summed E-state index contributed by atoms with van der Waals surface area (Å²) in [5.74, 6) is 0.157. The fourth-order valence-corrected chi connectivity index (χ4v) is 4.06. The minimum Gasteiger partial charge on any atom is -0.372 e. The van der Waals surface area contributed by atoms with Gasteiger partial charge in [0.15, 0.2) is 0 Å². The van der Waals surface area contributed by atoms with Crippen LogP contribution in [0.25, 0.3) is 11.4 Å². The Balaban J connectivity index is 1.24. The van der Waals surface area contributed by atoms with E-state index in [1.807, 2.05) is 12.1 Å². The molecule has 0 radical (unpaired) electrons. The Labute approximate surface area is 178 Å². The Bertz CT molecular complexity index is 807. The first kappa shape index (κ1) is 20.8. The summed E-state index contributed by atoms with van der Waals surface area (Å²) in [7, 11) is 2.15. The van der Waals surface area contributed by atoms with Crippen LogP contribution in [0, 0.1) is 0 Å². The highest BCUT2D eigenvalue weighted by molar-refractivity contribution is 5.89. The lowest BCUT2D eigenvalue weighted by atomic mass is 10.1. The van der Waals surface area contributed by atoms with Gasteiger partial charge in [0.25, 0.3) is 0 Å². The molecular weight excluding hydrogens is 380 g/mol. The number of carbonyl (C=O) groups excluding carboxylic acids is 1. The molecule has 0 spiro atoms. The molecule has 162 valence electrons. The lowest BCUT2D eigenvalue weighted by Gasteiger charge is -2.32. The molecule has 3 heterocycles. The maximum Gasteiger partial charge on any atom is 0.316 e. The van der Waals surface area contributed by atoms with Crippen molar-refractivity contribution < 1.29 is 9.32 Å². The second-order valence-corrected chi connectivity index (χ2v) is 8.27. The highest BCUT2D eigenvalue weighted by atomic mass is 16.5. The number of aromatic nitrogens is 2. The number of likely N-dealkylation sites (N-methyl/N-ethyl adjacent to an activating group) is 1. The van der Waals surface area contributed by atoms with Crippen LogP contribution in [0.3, 0.4) is 0 Å². The predicted molar refractivity (Wildman–Crippen MR) is 117 cm³/mol. The molecule has 2 aliphatic heterocycles. The molecule has 0 saturated carbocycles. The van der Waals surface area contributed by atoms with Crippen molar-refractivity contribution in [2.75, 3.05) is 64.3 Å². The third kappa shape index (κ3) is 5.37. The first-order valence-corrected chi connectivity index (χ1v) is 11.1. The molecule has 2 aliphatic rings. The zero-order chi connectivity index (χ0) is 20.8. The van der Waals surface area contributed by atoms with Crippen LogP contribution < -0.4 is 10.2 Å². The third-order valence-corrected chi connectivity index (χ3v) is 6.00. The summed E-state index contributed by atoms with van der Waals surface area (Å²) >= 11 is 0. The molecule has 8 nitrogen and oxygen atoms in total. The Morgan fingerprint density at radius 1 is 1.03 bits per heavy atom. The van der Waals surface area contributed by atoms with Gasteiger partial charge in [0, 0.05) is 57.1 Å². The van der Waals surface area contributed by atoms with Gasteiger partial charge in [0.05, 0.1) is 0 Å². The van der Waals surface area contributed by atoms with Crippen LogP contribution in [0.1, 0.15) is 36.4 Å². The first-order chi connectivity index (χ1) is 14.7. The second-order valence-electron chi connectivity index (χ2n) is 8.27. The largest absolute Gasteiger partial charge is 0.372 e. The fraction of sp³-hybridized carbons (Fsp3) is 0.591. The van der Waals surface area contributed by atoms with Gasteiger partial charge in [0.2, 0.25) is 5.82 Å². The van der Waals surface area contributed by atoms with Crippen LogP contribution in [0.2, 0.25) is 0 Å². The van der Waals surface area contributed by atoms with E-state index in [9.17, 15) is 4.79 Å². The highest BCUT2D eigenvalue weighted by Gasteiger charge is 2.17.